The number of anilines is 1. The molecule has 5 heteroatoms. The van der Waals surface area contributed by atoms with Gasteiger partial charge in [-0.25, -0.2) is 0 Å². The van der Waals surface area contributed by atoms with Gasteiger partial charge in [-0.2, -0.15) is 0 Å². The minimum absolute atomic E-state index is 0. The second-order valence-corrected chi connectivity index (χ2v) is 7.27. The van der Waals surface area contributed by atoms with E-state index in [4.69, 9.17) is 10.5 Å². The number of rotatable bonds is 2. The summed E-state index contributed by atoms with van der Waals surface area (Å²) < 4.78 is 5.92. The Morgan fingerprint density at radius 2 is 1.92 bits per heavy atom. The van der Waals surface area contributed by atoms with Gasteiger partial charge in [0.1, 0.15) is 5.75 Å². The van der Waals surface area contributed by atoms with Crippen molar-refractivity contribution < 1.29 is 9.53 Å². The van der Waals surface area contributed by atoms with Crippen LogP contribution < -0.4 is 15.8 Å². The molecule has 1 amide bonds. The Morgan fingerprint density at radius 3 is 2.73 bits per heavy atom. The Hall–Kier alpha value is -2.20. The average Bonchev–Trinajstić information content (AvgIpc) is 2.98. The minimum Gasteiger partial charge on any atom is -0.480 e. The fraction of sp³-hybridized carbons (Fsp3) is 0.381. The third kappa shape index (κ3) is 3.38. The summed E-state index contributed by atoms with van der Waals surface area (Å²) >= 11 is 0. The number of aryl methyl sites for hydroxylation is 3. The summed E-state index contributed by atoms with van der Waals surface area (Å²) in [6, 6.07) is 10.2. The maximum Gasteiger partial charge on any atom is 0.261 e. The van der Waals surface area contributed by atoms with Gasteiger partial charge in [0.25, 0.3) is 5.91 Å². The fourth-order valence-electron chi connectivity index (χ4n) is 3.91. The summed E-state index contributed by atoms with van der Waals surface area (Å²) in [5, 5.41) is 3.20. The number of benzene rings is 2. The van der Waals surface area contributed by atoms with E-state index in [1.165, 1.54) is 22.3 Å². The van der Waals surface area contributed by atoms with Crippen LogP contribution in [0.5, 0.6) is 5.75 Å². The van der Waals surface area contributed by atoms with Crippen LogP contribution in [0.4, 0.5) is 5.69 Å². The molecule has 4 nitrogen and oxygen atoms in total. The van der Waals surface area contributed by atoms with Crippen LogP contribution in [-0.4, -0.2) is 12.0 Å². The van der Waals surface area contributed by atoms with Gasteiger partial charge in [-0.3, -0.25) is 4.79 Å². The van der Waals surface area contributed by atoms with E-state index in [2.05, 4.69) is 25.2 Å². The molecule has 0 fully saturated rings. The van der Waals surface area contributed by atoms with Gasteiger partial charge >= 0.3 is 0 Å². The van der Waals surface area contributed by atoms with Crippen LogP contribution in [0, 0.1) is 13.8 Å². The van der Waals surface area contributed by atoms with Crippen molar-refractivity contribution in [2.75, 3.05) is 5.73 Å². The lowest BCUT2D eigenvalue weighted by Crippen LogP contribution is -2.40. The Balaban J connectivity index is 0.00000196. The number of ether oxygens (including phenoxy) is 1. The van der Waals surface area contributed by atoms with Crippen molar-refractivity contribution in [3.05, 3.63) is 58.1 Å². The van der Waals surface area contributed by atoms with Crippen molar-refractivity contribution in [3.63, 3.8) is 0 Å². The lowest BCUT2D eigenvalue weighted by Gasteiger charge is -2.27. The zero-order valence-corrected chi connectivity index (χ0v) is 16.0. The third-order valence-electron chi connectivity index (χ3n) is 5.44. The minimum atomic E-state index is -0.435. The molecule has 2 atom stereocenters. The smallest absolute Gasteiger partial charge is 0.261 e. The molecule has 26 heavy (non-hydrogen) atoms. The molecule has 2 aromatic carbocycles. The van der Waals surface area contributed by atoms with Crippen LogP contribution in [-0.2, 0) is 17.6 Å². The number of carbonyl (C=O) groups excluding carboxylic acids is 1. The molecule has 0 aromatic heterocycles. The molecule has 2 aliphatic rings. The van der Waals surface area contributed by atoms with E-state index in [1.54, 1.807) is 0 Å². The molecule has 1 aliphatic carbocycles. The first-order valence-corrected chi connectivity index (χ1v) is 8.96. The Bertz CT molecular complexity index is 819. The molecule has 2 aromatic rings. The Kier molecular flexibility index (Phi) is 5.15. The lowest BCUT2D eigenvalue weighted by molar-refractivity contribution is -0.128. The van der Waals surface area contributed by atoms with Gasteiger partial charge in [0.05, 0.1) is 6.04 Å². The summed E-state index contributed by atoms with van der Waals surface area (Å²) in [4.78, 5) is 12.8. The highest BCUT2D eigenvalue weighted by Gasteiger charge is 2.32. The van der Waals surface area contributed by atoms with Gasteiger partial charge < -0.3 is 15.8 Å². The van der Waals surface area contributed by atoms with Gasteiger partial charge in [-0.15, -0.1) is 12.4 Å². The maximum absolute atomic E-state index is 12.8. The van der Waals surface area contributed by atoms with Crippen molar-refractivity contribution in [2.24, 2.45) is 0 Å². The van der Waals surface area contributed by atoms with Crippen molar-refractivity contribution in [1.82, 2.24) is 5.32 Å². The van der Waals surface area contributed by atoms with Gasteiger partial charge in [-0.1, -0.05) is 12.1 Å². The second kappa shape index (κ2) is 7.20. The summed E-state index contributed by atoms with van der Waals surface area (Å²) in [7, 11) is 0. The molecule has 0 bridgehead atoms. The Labute approximate surface area is 160 Å². The average molecular weight is 373 g/mol. The standard InChI is InChI=1S/C21H24N2O2.ClH/c1-12-8-15-11-20(25-19(15)9-13(12)2)21(24)23-18-5-3-4-14-10-16(22)6-7-17(14)18;/h6-10,18,20H,3-5,11,22H2,1-2H3,(H,23,24);1H. The molecular weight excluding hydrogens is 348 g/mol. The topological polar surface area (TPSA) is 64.3 Å². The van der Waals surface area contributed by atoms with Crippen molar-refractivity contribution in [2.45, 2.75) is 51.7 Å². The summed E-state index contributed by atoms with van der Waals surface area (Å²) in [6.45, 7) is 4.16. The second-order valence-electron chi connectivity index (χ2n) is 7.27. The number of hydrogen-bond acceptors (Lipinski definition) is 3. The molecular formula is C21H25ClN2O2. The normalized spacial score (nSPS) is 20.4. The molecule has 1 aliphatic heterocycles. The van der Waals surface area contributed by atoms with Gasteiger partial charge in [0.2, 0.25) is 0 Å². The van der Waals surface area contributed by atoms with Gasteiger partial charge in [-0.05, 0) is 79.1 Å². The highest BCUT2D eigenvalue weighted by Crippen LogP contribution is 2.34. The lowest BCUT2D eigenvalue weighted by atomic mass is 9.87. The first-order chi connectivity index (χ1) is 12.0. The van der Waals surface area contributed by atoms with Gasteiger partial charge in [0.15, 0.2) is 6.10 Å². The number of amides is 1. The van der Waals surface area contributed by atoms with Crippen LogP contribution in [0.25, 0.3) is 0 Å². The number of halogens is 1. The summed E-state index contributed by atoms with van der Waals surface area (Å²) in [6.07, 6.45) is 3.25. The largest absolute Gasteiger partial charge is 0.480 e. The third-order valence-corrected chi connectivity index (χ3v) is 5.44. The predicted molar refractivity (Wildman–Crippen MR) is 106 cm³/mol. The van der Waals surface area contributed by atoms with Crippen LogP contribution in [0.2, 0.25) is 0 Å². The number of nitrogens with one attached hydrogen (secondary N) is 1. The van der Waals surface area contributed by atoms with Crippen molar-refractivity contribution in [3.8, 4) is 5.75 Å². The summed E-state index contributed by atoms with van der Waals surface area (Å²) in [5.74, 6) is 0.821. The molecule has 4 rings (SSSR count). The first-order valence-electron chi connectivity index (χ1n) is 8.96. The highest BCUT2D eigenvalue weighted by molar-refractivity contribution is 5.85. The first kappa shape index (κ1) is 18.6. The zero-order chi connectivity index (χ0) is 17.6. The van der Waals surface area contributed by atoms with Crippen molar-refractivity contribution >= 4 is 24.0 Å². The van der Waals surface area contributed by atoms with E-state index < -0.39 is 6.10 Å². The highest BCUT2D eigenvalue weighted by atomic mass is 35.5. The van der Waals surface area contributed by atoms with E-state index in [0.29, 0.717) is 6.42 Å². The SMILES string of the molecule is Cc1cc2c(cc1C)OC(C(=O)NC1CCCc3cc(N)ccc31)C2.Cl. The summed E-state index contributed by atoms with van der Waals surface area (Å²) in [5.41, 5.74) is 12.7. The fourth-order valence-corrected chi connectivity index (χ4v) is 3.91. The molecule has 0 radical (unpaired) electrons. The predicted octanol–water partition coefficient (Wildman–Crippen LogP) is 3.80. The number of fused-ring (bicyclic) bond motifs is 2. The van der Waals surface area contributed by atoms with E-state index in [0.717, 1.165) is 36.3 Å². The van der Waals surface area contributed by atoms with Crippen LogP contribution in [0.3, 0.4) is 0 Å². The number of nitrogens with two attached hydrogens (primary N) is 1. The molecule has 0 saturated heterocycles. The number of nitrogen functional groups attached to an aromatic ring is 1. The maximum atomic E-state index is 12.8. The van der Waals surface area contributed by atoms with E-state index in [1.807, 2.05) is 24.3 Å². The zero-order valence-electron chi connectivity index (χ0n) is 15.2. The van der Waals surface area contributed by atoms with E-state index >= 15 is 0 Å². The monoisotopic (exact) mass is 372 g/mol. The van der Waals surface area contributed by atoms with E-state index in [9.17, 15) is 4.79 Å². The molecule has 138 valence electrons. The quantitative estimate of drug-likeness (QED) is 0.788. The Morgan fingerprint density at radius 1 is 1.15 bits per heavy atom. The molecule has 0 saturated carbocycles. The van der Waals surface area contributed by atoms with E-state index in [-0.39, 0.29) is 24.4 Å². The number of carbonyl (C=O) groups is 1. The van der Waals surface area contributed by atoms with Crippen LogP contribution >= 0.6 is 12.4 Å². The van der Waals surface area contributed by atoms with Crippen LogP contribution in [0.15, 0.2) is 30.3 Å². The number of hydrogen-bond donors (Lipinski definition) is 2. The molecule has 0 spiro atoms. The molecule has 3 N–H and O–H groups in total. The van der Waals surface area contributed by atoms with Crippen molar-refractivity contribution in [1.29, 1.82) is 0 Å². The van der Waals surface area contributed by atoms with Crippen LogP contribution in [0.1, 0.15) is 46.7 Å². The van der Waals surface area contributed by atoms with Gasteiger partial charge in [0, 0.05) is 12.1 Å². The molecule has 1 heterocycles. The molecule has 2 unspecified atom stereocenters.